The maximum Gasteiger partial charge on any atom is 0.272 e. The monoisotopic (exact) mass is 631 g/mol. The maximum absolute atomic E-state index is 13.6. The van der Waals surface area contributed by atoms with Gasteiger partial charge in [0.2, 0.25) is 5.91 Å². The van der Waals surface area contributed by atoms with Crippen LogP contribution in [0.2, 0.25) is 5.02 Å². The molecule has 6 nitrogen and oxygen atoms in total. The summed E-state index contributed by atoms with van der Waals surface area (Å²) in [4.78, 5) is 40.9. The van der Waals surface area contributed by atoms with E-state index in [0.29, 0.717) is 22.0 Å². The Morgan fingerprint density at radius 2 is 1.38 bits per heavy atom. The molecule has 0 spiro atoms. The molecule has 0 fully saturated rings. The first-order valence-electron chi connectivity index (χ1n) is 14.2. The molecule has 5 rings (SSSR count). The number of benzene rings is 5. The molecule has 8 heteroatoms. The van der Waals surface area contributed by atoms with Crippen molar-refractivity contribution in [3.05, 3.63) is 166 Å². The third-order valence-electron chi connectivity index (χ3n) is 6.85. The second-order valence-electron chi connectivity index (χ2n) is 10.1. The van der Waals surface area contributed by atoms with E-state index in [1.807, 2.05) is 91.9 Å². The van der Waals surface area contributed by atoms with Gasteiger partial charge < -0.3 is 16.0 Å². The molecule has 5 aromatic rings. The molecule has 0 radical (unpaired) electrons. The lowest BCUT2D eigenvalue weighted by atomic mass is 10.1. The Kier molecular flexibility index (Phi) is 10.5. The molecule has 0 aliphatic rings. The summed E-state index contributed by atoms with van der Waals surface area (Å²) in [6, 6.07) is 40.1. The number of carbonyl (C=O) groups is 3. The highest BCUT2D eigenvalue weighted by Crippen LogP contribution is 2.37. The molecule has 1 unspecified atom stereocenters. The number of nitrogens with one attached hydrogen (secondary N) is 3. The highest BCUT2D eigenvalue weighted by Gasteiger charge is 2.23. The van der Waals surface area contributed by atoms with E-state index in [4.69, 9.17) is 11.6 Å². The fraction of sp³-hybridized carbons (Fsp3) is 0.0541. The second-order valence-corrected chi connectivity index (χ2v) is 11.7. The largest absolute Gasteiger partial charge is 0.325 e. The Hall–Kier alpha value is -5.11. The van der Waals surface area contributed by atoms with Crippen LogP contribution in [0.5, 0.6) is 0 Å². The molecule has 45 heavy (non-hydrogen) atoms. The van der Waals surface area contributed by atoms with E-state index >= 15 is 0 Å². The first-order chi connectivity index (χ1) is 21.9. The molecular weight excluding hydrogens is 602 g/mol. The van der Waals surface area contributed by atoms with Crippen molar-refractivity contribution >= 4 is 58.5 Å². The van der Waals surface area contributed by atoms with Gasteiger partial charge in [0.15, 0.2) is 0 Å². The minimum absolute atomic E-state index is 0.0894. The van der Waals surface area contributed by atoms with Gasteiger partial charge in [-0.25, -0.2) is 0 Å². The molecule has 0 bridgehead atoms. The summed E-state index contributed by atoms with van der Waals surface area (Å²) in [7, 11) is 0. The van der Waals surface area contributed by atoms with E-state index in [9.17, 15) is 14.4 Å². The fourth-order valence-electron chi connectivity index (χ4n) is 4.48. The molecule has 5 aromatic carbocycles. The number of halogens is 1. The summed E-state index contributed by atoms with van der Waals surface area (Å²) in [6.45, 7) is 1.86. The van der Waals surface area contributed by atoms with E-state index in [1.165, 1.54) is 11.8 Å². The minimum Gasteiger partial charge on any atom is -0.325 e. The van der Waals surface area contributed by atoms with Gasteiger partial charge in [-0.2, -0.15) is 0 Å². The summed E-state index contributed by atoms with van der Waals surface area (Å²) in [5, 5.41) is 8.67. The number of anilines is 2. The van der Waals surface area contributed by atoms with Crippen LogP contribution >= 0.6 is 23.4 Å². The van der Waals surface area contributed by atoms with Crippen LogP contribution < -0.4 is 16.0 Å². The minimum atomic E-state index is -0.589. The van der Waals surface area contributed by atoms with Gasteiger partial charge in [-0.3, -0.25) is 14.4 Å². The third kappa shape index (κ3) is 8.50. The van der Waals surface area contributed by atoms with E-state index < -0.39 is 17.1 Å². The summed E-state index contributed by atoms with van der Waals surface area (Å²) in [6.07, 6.45) is 1.63. The van der Waals surface area contributed by atoms with E-state index in [2.05, 4.69) is 16.0 Å². The Morgan fingerprint density at radius 3 is 2.09 bits per heavy atom. The Bertz CT molecular complexity index is 1830. The molecule has 3 amide bonds. The number of thioether (sulfide) groups is 1. The standard InChI is InChI=1S/C37H30ClN3O3S/c1-25-31(38)21-12-22-32(25)40-37(44)34(27-15-7-3-8-16-27)45-30-20-11-19-29(24-30)39-36(43)33(23-26-13-5-2-6-14-26)41-35(42)28-17-9-4-10-18-28/h2-24,34H,1H3,(H,39,43)(H,40,44)(H,41,42)/b33-23-. The molecule has 0 aliphatic carbocycles. The van der Waals surface area contributed by atoms with Gasteiger partial charge in [-0.05, 0) is 72.2 Å². The third-order valence-corrected chi connectivity index (χ3v) is 8.51. The van der Waals surface area contributed by atoms with Gasteiger partial charge in [-0.1, -0.05) is 103 Å². The van der Waals surface area contributed by atoms with E-state index in [-0.39, 0.29) is 11.6 Å². The fourth-order valence-corrected chi connectivity index (χ4v) is 5.74. The lowest BCUT2D eigenvalue weighted by Crippen LogP contribution is -2.30. The number of hydrogen-bond acceptors (Lipinski definition) is 4. The highest BCUT2D eigenvalue weighted by atomic mass is 35.5. The smallest absolute Gasteiger partial charge is 0.272 e. The Balaban J connectivity index is 1.37. The summed E-state index contributed by atoms with van der Waals surface area (Å²) in [5.74, 6) is -1.09. The normalized spacial score (nSPS) is 11.7. The zero-order valence-corrected chi connectivity index (χ0v) is 25.9. The maximum atomic E-state index is 13.6. The number of amides is 3. The average molecular weight is 632 g/mol. The van der Waals surface area contributed by atoms with Crippen molar-refractivity contribution in [3.8, 4) is 0 Å². The molecule has 0 heterocycles. The SMILES string of the molecule is Cc1c(Cl)cccc1NC(=O)C(Sc1cccc(NC(=O)/C(=C/c2ccccc2)NC(=O)c2ccccc2)c1)c1ccccc1. The van der Waals surface area contributed by atoms with Crippen molar-refractivity contribution < 1.29 is 14.4 Å². The van der Waals surface area contributed by atoms with E-state index in [0.717, 1.165) is 21.6 Å². The molecule has 1 atom stereocenters. The Labute approximate surface area is 271 Å². The van der Waals surface area contributed by atoms with Gasteiger partial charge in [-0.15, -0.1) is 11.8 Å². The van der Waals surface area contributed by atoms with Crippen molar-refractivity contribution in [2.45, 2.75) is 17.1 Å². The number of carbonyl (C=O) groups excluding carboxylic acids is 3. The van der Waals surface area contributed by atoms with Crippen molar-refractivity contribution in [2.24, 2.45) is 0 Å². The van der Waals surface area contributed by atoms with Crippen LogP contribution in [0.15, 0.2) is 144 Å². The molecule has 0 aliphatic heterocycles. The van der Waals surface area contributed by atoms with Crippen LogP contribution in [0, 0.1) is 6.92 Å². The van der Waals surface area contributed by atoms with Crippen molar-refractivity contribution in [3.63, 3.8) is 0 Å². The average Bonchev–Trinajstić information content (AvgIpc) is 3.07. The first-order valence-corrected chi connectivity index (χ1v) is 15.5. The van der Waals surface area contributed by atoms with Gasteiger partial charge >= 0.3 is 0 Å². The molecule has 224 valence electrons. The summed E-state index contributed by atoms with van der Waals surface area (Å²) < 4.78 is 0. The highest BCUT2D eigenvalue weighted by molar-refractivity contribution is 8.00. The number of hydrogen-bond donors (Lipinski definition) is 3. The molecular formula is C37H30ClN3O3S. The van der Waals surface area contributed by atoms with Crippen molar-refractivity contribution in [1.29, 1.82) is 0 Å². The van der Waals surface area contributed by atoms with Gasteiger partial charge in [0.05, 0.1) is 0 Å². The lowest BCUT2D eigenvalue weighted by molar-refractivity contribution is -0.116. The zero-order chi connectivity index (χ0) is 31.6. The molecule has 0 saturated heterocycles. The molecule has 0 aromatic heterocycles. The molecule has 3 N–H and O–H groups in total. The van der Waals surface area contributed by atoms with Crippen LogP contribution in [0.25, 0.3) is 6.08 Å². The summed E-state index contributed by atoms with van der Waals surface area (Å²) in [5.41, 5.74) is 4.04. The lowest BCUT2D eigenvalue weighted by Gasteiger charge is -2.19. The second kappa shape index (κ2) is 15.1. The molecule has 0 saturated carbocycles. The van der Waals surface area contributed by atoms with Crippen LogP contribution in [-0.2, 0) is 9.59 Å². The first kappa shape index (κ1) is 31.3. The number of rotatable bonds is 10. The van der Waals surface area contributed by atoms with E-state index in [1.54, 1.807) is 54.6 Å². The predicted octanol–water partition coefficient (Wildman–Crippen LogP) is 8.53. The van der Waals surface area contributed by atoms with Crippen LogP contribution in [0.3, 0.4) is 0 Å². The zero-order valence-electron chi connectivity index (χ0n) is 24.4. The Morgan fingerprint density at radius 1 is 0.733 bits per heavy atom. The van der Waals surface area contributed by atoms with Crippen LogP contribution in [-0.4, -0.2) is 17.7 Å². The van der Waals surface area contributed by atoms with Gasteiger partial charge in [0, 0.05) is 26.9 Å². The van der Waals surface area contributed by atoms with Crippen LogP contribution in [0.1, 0.15) is 32.3 Å². The van der Waals surface area contributed by atoms with Gasteiger partial charge in [0.25, 0.3) is 11.8 Å². The predicted molar refractivity (Wildman–Crippen MR) is 183 cm³/mol. The van der Waals surface area contributed by atoms with Crippen LogP contribution in [0.4, 0.5) is 11.4 Å². The topological polar surface area (TPSA) is 87.3 Å². The quantitative estimate of drug-likeness (QED) is 0.106. The summed E-state index contributed by atoms with van der Waals surface area (Å²) >= 11 is 7.65. The van der Waals surface area contributed by atoms with Crippen molar-refractivity contribution in [1.82, 2.24) is 5.32 Å². The van der Waals surface area contributed by atoms with Crippen molar-refractivity contribution in [2.75, 3.05) is 10.6 Å². The van der Waals surface area contributed by atoms with Gasteiger partial charge in [0.1, 0.15) is 10.9 Å².